The van der Waals surface area contributed by atoms with Gasteiger partial charge >= 0.3 is 6.10 Å². The Labute approximate surface area is 193 Å². The van der Waals surface area contributed by atoms with E-state index in [1.54, 1.807) is 12.1 Å². The van der Waals surface area contributed by atoms with E-state index < -0.39 is 18.6 Å². The Morgan fingerprint density at radius 2 is 1.25 bits per heavy atom. The molecular weight excluding hydrogens is 416 g/mol. The molecular formula is C25H43F2NO4. The van der Waals surface area contributed by atoms with E-state index in [4.69, 9.17) is 18.9 Å². The molecule has 32 heavy (non-hydrogen) atoms. The molecule has 1 N–H and O–H groups in total. The highest BCUT2D eigenvalue weighted by molar-refractivity contribution is 5.31. The first kappa shape index (κ1) is 28.8. The molecule has 0 aliphatic rings. The summed E-state index contributed by atoms with van der Waals surface area (Å²) in [4.78, 5) is 0. The highest BCUT2D eigenvalue weighted by atomic mass is 19.3. The molecule has 1 aromatic rings. The van der Waals surface area contributed by atoms with Gasteiger partial charge in [-0.2, -0.15) is 8.78 Å². The number of ether oxygens (including phenoxy) is 4. The van der Waals surface area contributed by atoms with Gasteiger partial charge in [0.1, 0.15) is 5.75 Å². The molecule has 0 saturated heterocycles. The van der Waals surface area contributed by atoms with Gasteiger partial charge in [0.2, 0.25) is 0 Å². The van der Waals surface area contributed by atoms with Gasteiger partial charge in [0.05, 0.1) is 33.0 Å². The van der Waals surface area contributed by atoms with Crippen LogP contribution in [0.5, 0.6) is 5.75 Å². The van der Waals surface area contributed by atoms with Crippen LogP contribution in [0.1, 0.15) is 84.6 Å². The Morgan fingerprint density at radius 3 is 1.75 bits per heavy atom. The van der Waals surface area contributed by atoms with Crippen LogP contribution >= 0.6 is 0 Å². The molecule has 0 spiro atoms. The van der Waals surface area contributed by atoms with E-state index in [9.17, 15) is 0 Å². The van der Waals surface area contributed by atoms with E-state index in [1.807, 2.05) is 20.8 Å². The zero-order valence-corrected chi connectivity index (χ0v) is 20.4. The van der Waals surface area contributed by atoms with Crippen LogP contribution in [0.3, 0.4) is 0 Å². The first-order valence-corrected chi connectivity index (χ1v) is 12.2. The maximum absolute atomic E-state index is 15.1. The van der Waals surface area contributed by atoms with E-state index in [0.29, 0.717) is 32.2 Å². The number of alkyl halides is 2. The normalized spacial score (nSPS) is 12.3. The number of hydrogen-bond donors (Lipinski definition) is 1. The van der Waals surface area contributed by atoms with Gasteiger partial charge in [-0.3, -0.25) is 0 Å². The third-order valence-electron chi connectivity index (χ3n) is 4.92. The van der Waals surface area contributed by atoms with Crippen molar-refractivity contribution in [1.82, 2.24) is 5.32 Å². The second-order valence-corrected chi connectivity index (χ2v) is 7.95. The Bertz CT molecular complexity index is 575. The maximum atomic E-state index is 15.1. The van der Waals surface area contributed by atoms with Crippen LogP contribution in [0.2, 0.25) is 0 Å². The third kappa shape index (κ3) is 11.0. The Kier molecular flexibility index (Phi) is 14.7. The fourth-order valence-electron chi connectivity index (χ4n) is 2.80. The minimum Gasteiger partial charge on any atom is -0.494 e. The molecule has 5 nitrogen and oxygen atoms in total. The predicted octanol–water partition coefficient (Wildman–Crippen LogP) is 6.61. The first-order chi connectivity index (χ1) is 15.4. The topological polar surface area (TPSA) is 49.0 Å². The zero-order chi connectivity index (χ0) is 23.7. The van der Waals surface area contributed by atoms with Crippen LogP contribution in [0.15, 0.2) is 24.3 Å². The molecule has 0 saturated carbocycles. The van der Waals surface area contributed by atoms with Crippen molar-refractivity contribution in [1.29, 1.82) is 0 Å². The number of unbranched alkanes of at least 4 members (excludes halogenated alkanes) is 4. The van der Waals surface area contributed by atoms with Crippen LogP contribution in [0.25, 0.3) is 0 Å². The number of benzene rings is 1. The standard InChI is InChI=1S/C25H43F2NO4/c1-5-9-16-29-23-15-13-14-22(20-23)24(26,27)21-28-25(30-17-10-6-2,31-18-11-7-3)32-19-12-8-4/h13-15,20,28H,5-12,16-19,21H2,1-4H3. The lowest BCUT2D eigenvalue weighted by Crippen LogP contribution is -2.55. The molecule has 0 unspecified atom stereocenters. The number of rotatable bonds is 20. The number of hydrogen-bond acceptors (Lipinski definition) is 5. The molecule has 186 valence electrons. The minimum atomic E-state index is -3.16. The van der Waals surface area contributed by atoms with E-state index in [1.165, 1.54) is 12.1 Å². The van der Waals surface area contributed by atoms with Crippen molar-refractivity contribution in [2.45, 2.75) is 91.1 Å². The van der Waals surface area contributed by atoms with Crippen LogP contribution in [0, 0.1) is 0 Å². The Morgan fingerprint density at radius 1 is 0.750 bits per heavy atom. The number of nitrogens with one attached hydrogen (secondary N) is 1. The van der Waals surface area contributed by atoms with Crippen molar-refractivity contribution in [2.75, 3.05) is 33.0 Å². The molecule has 0 atom stereocenters. The fourth-order valence-corrected chi connectivity index (χ4v) is 2.80. The average molecular weight is 460 g/mol. The highest BCUT2D eigenvalue weighted by Gasteiger charge is 2.40. The molecule has 0 heterocycles. The van der Waals surface area contributed by atoms with Crippen LogP contribution in [-0.4, -0.2) is 39.1 Å². The summed E-state index contributed by atoms with van der Waals surface area (Å²) in [5.41, 5.74) is -0.122. The molecule has 0 amide bonds. The average Bonchev–Trinajstić information content (AvgIpc) is 2.79. The zero-order valence-electron chi connectivity index (χ0n) is 20.4. The van der Waals surface area contributed by atoms with Gasteiger partial charge in [0.15, 0.2) is 0 Å². The lowest BCUT2D eigenvalue weighted by Gasteiger charge is -2.35. The summed E-state index contributed by atoms with van der Waals surface area (Å²) in [5.74, 6) is -2.72. The monoisotopic (exact) mass is 459 g/mol. The second kappa shape index (κ2) is 16.4. The summed E-state index contributed by atoms with van der Waals surface area (Å²) >= 11 is 0. The van der Waals surface area contributed by atoms with E-state index in [0.717, 1.165) is 51.4 Å². The Balaban J connectivity index is 2.93. The minimum absolute atomic E-state index is 0.122. The summed E-state index contributed by atoms with van der Waals surface area (Å²) in [7, 11) is 0. The van der Waals surface area contributed by atoms with Gasteiger partial charge in [0.25, 0.3) is 5.92 Å². The van der Waals surface area contributed by atoms with Crippen LogP contribution in [-0.2, 0) is 20.1 Å². The van der Waals surface area contributed by atoms with Gasteiger partial charge in [0, 0.05) is 5.56 Å². The lowest BCUT2D eigenvalue weighted by atomic mass is 10.1. The number of halogens is 2. The van der Waals surface area contributed by atoms with Crippen molar-refractivity contribution in [2.24, 2.45) is 0 Å². The quantitative estimate of drug-likeness (QED) is 0.176. The summed E-state index contributed by atoms with van der Waals surface area (Å²) in [6, 6.07) is 6.09. The summed E-state index contributed by atoms with van der Waals surface area (Å²) in [6.45, 7) is 9.06. The van der Waals surface area contributed by atoms with E-state index in [2.05, 4.69) is 12.2 Å². The van der Waals surface area contributed by atoms with Gasteiger partial charge in [-0.25, -0.2) is 5.32 Å². The predicted molar refractivity (Wildman–Crippen MR) is 124 cm³/mol. The van der Waals surface area contributed by atoms with E-state index in [-0.39, 0.29) is 5.56 Å². The lowest BCUT2D eigenvalue weighted by molar-refractivity contribution is -0.400. The molecule has 0 aliphatic carbocycles. The molecule has 0 fully saturated rings. The maximum Gasteiger partial charge on any atom is 0.351 e. The van der Waals surface area contributed by atoms with Crippen molar-refractivity contribution < 1.29 is 27.7 Å². The summed E-state index contributed by atoms with van der Waals surface area (Å²) in [5, 5.41) is 2.76. The molecule has 0 aliphatic heterocycles. The molecule has 1 aromatic carbocycles. The summed E-state index contributed by atoms with van der Waals surface area (Å²) < 4.78 is 53.5. The SMILES string of the molecule is CCCCOc1cccc(C(F)(F)CNC(OCCCC)(OCCCC)OCCCC)c1. The molecule has 0 aromatic heterocycles. The van der Waals surface area contributed by atoms with Crippen molar-refractivity contribution >= 4 is 0 Å². The van der Waals surface area contributed by atoms with E-state index >= 15 is 8.78 Å². The van der Waals surface area contributed by atoms with Crippen LogP contribution < -0.4 is 10.1 Å². The Hall–Kier alpha value is -1.28. The fraction of sp³-hybridized carbons (Fsp3) is 0.760. The van der Waals surface area contributed by atoms with Crippen molar-refractivity contribution in [3.05, 3.63) is 29.8 Å². The summed E-state index contributed by atoms with van der Waals surface area (Å²) in [6.07, 6.45) is 5.28. The highest BCUT2D eigenvalue weighted by Crippen LogP contribution is 2.31. The molecule has 1 rings (SSSR count). The van der Waals surface area contributed by atoms with Crippen molar-refractivity contribution in [3.63, 3.8) is 0 Å². The second-order valence-electron chi connectivity index (χ2n) is 7.95. The third-order valence-corrected chi connectivity index (χ3v) is 4.92. The van der Waals surface area contributed by atoms with Gasteiger partial charge < -0.3 is 18.9 Å². The van der Waals surface area contributed by atoms with Gasteiger partial charge in [-0.1, -0.05) is 65.5 Å². The first-order valence-electron chi connectivity index (χ1n) is 12.2. The van der Waals surface area contributed by atoms with Gasteiger partial charge in [-0.15, -0.1) is 0 Å². The molecule has 7 heteroatoms. The van der Waals surface area contributed by atoms with Crippen molar-refractivity contribution in [3.8, 4) is 5.75 Å². The molecule has 0 bridgehead atoms. The van der Waals surface area contributed by atoms with Gasteiger partial charge in [-0.05, 0) is 37.8 Å². The smallest absolute Gasteiger partial charge is 0.351 e. The largest absolute Gasteiger partial charge is 0.494 e. The molecule has 0 radical (unpaired) electrons. The van der Waals surface area contributed by atoms with Crippen LogP contribution in [0.4, 0.5) is 8.78 Å².